The van der Waals surface area contributed by atoms with E-state index < -0.39 is 22.2 Å². The van der Waals surface area contributed by atoms with Crippen LogP contribution in [0.25, 0.3) is 0 Å². The third-order valence-electron chi connectivity index (χ3n) is 2.74. The number of nitro benzene ring substituents is 1. The third kappa shape index (κ3) is 2.05. The van der Waals surface area contributed by atoms with Crippen molar-refractivity contribution in [3.05, 3.63) is 33.9 Å². The van der Waals surface area contributed by atoms with E-state index in [0.717, 1.165) is 0 Å². The largest absolute Gasteiger partial charge is 0.396 e. The minimum atomic E-state index is -0.951. The van der Waals surface area contributed by atoms with Crippen molar-refractivity contribution in [2.24, 2.45) is 5.92 Å². The fourth-order valence-electron chi connectivity index (χ4n) is 1.83. The molecule has 92 valence electrons. The Morgan fingerprint density at radius 2 is 1.94 bits per heavy atom. The van der Waals surface area contributed by atoms with Crippen LogP contribution in [0.4, 0.5) is 20.2 Å². The molecule has 5 nitrogen and oxygen atoms in total. The third-order valence-corrected chi connectivity index (χ3v) is 2.74. The molecule has 0 aromatic heterocycles. The number of hydrogen-bond donors (Lipinski definition) is 1. The minimum absolute atomic E-state index is 0.00370. The molecule has 0 radical (unpaired) electrons. The van der Waals surface area contributed by atoms with E-state index >= 15 is 0 Å². The molecule has 0 bridgehead atoms. The topological polar surface area (TPSA) is 66.6 Å². The molecule has 0 aliphatic carbocycles. The maximum Gasteiger partial charge on any atom is 0.275 e. The zero-order chi connectivity index (χ0) is 12.6. The molecule has 0 amide bonds. The van der Waals surface area contributed by atoms with Gasteiger partial charge in [0.15, 0.2) is 11.6 Å². The fraction of sp³-hybridized carbons (Fsp3) is 0.400. The van der Waals surface area contributed by atoms with Crippen LogP contribution in [0.2, 0.25) is 0 Å². The van der Waals surface area contributed by atoms with Crippen LogP contribution in [-0.2, 0) is 0 Å². The van der Waals surface area contributed by atoms with Crippen LogP contribution in [0.5, 0.6) is 0 Å². The van der Waals surface area contributed by atoms with Gasteiger partial charge in [-0.25, -0.2) is 8.78 Å². The molecular weight excluding hydrogens is 234 g/mol. The van der Waals surface area contributed by atoms with Gasteiger partial charge in [-0.15, -0.1) is 0 Å². The van der Waals surface area contributed by atoms with Crippen molar-refractivity contribution >= 4 is 11.4 Å². The highest BCUT2D eigenvalue weighted by Gasteiger charge is 2.31. The summed E-state index contributed by atoms with van der Waals surface area (Å²) in [4.78, 5) is 11.0. The number of benzene rings is 1. The first kappa shape index (κ1) is 11.7. The predicted molar refractivity (Wildman–Crippen MR) is 55.8 cm³/mol. The van der Waals surface area contributed by atoms with Crippen molar-refractivity contribution in [2.45, 2.75) is 0 Å². The molecule has 2 rings (SSSR count). The summed E-state index contributed by atoms with van der Waals surface area (Å²) in [6, 6.07) is 1.40. The second-order valence-corrected chi connectivity index (χ2v) is 3.97. The van der Waals surface area contributed by atoms with E-state index in [1.807, 2.05) is 0 Å². The highest BCUT2D eigenvalue weighted by molar-refractivity contribution is 5.55. The Balaban J connectivity index is 2.27. The average molecular weight is 244 g/mol. The zero-order valence-electron chi connectivity index (χ0n) is 8.77. The van der Waals surface area contributed by atoms with Gasteiger partial charge in [0, 0.05) is 25.6 Å². The summed E-state index contributed by atoms with van der Waals surface area (Å²) in [6.45, 7) is 0.664. The normalized spacial score (nSPS) is 15.8. The van der Waals surface area contributed by atoms with E-state index in [1.54, 1.807) is 0 Å². The summed E-state index contributed by atoms with van der Waals surface area (Å²) in [5, 5.41) is 19.2. The lowest BCUT2D eigenvalue weighted by atomic mass is 10.00. The maximum absolute atomic E-state index is 13.5. The Bertz CT molecular complexity index is 438. The van der Waals surface area contributed by atoms with Gasteiger partial charge in [0.2, 0.25) is 0 Å². The number of halogens is 2. The Kier molecular flexibility index (Phi) is 2.93. The quantitative estimate of drug-likeness (QED) is 0.643. The van der Waals surface area contributed by atoms with Crippen LogP contribution in [0.15, 0.2) is 12.1 Å². The zero-order valence-corrected chi connectivity index (χ0v) is 8.77. The Morgan fingerprint density at radius 1 is 1.41 bits per heavy atom. The van der Waals surface area contributed by atoms with E-state index in [-0.39, 0.29) is 18.2 Å². The maximum atomic E-state index is 13.5. The van der Waals surface area contributed by atoms with Gasteiger partial charge < -0.3 is 10.0 Å². The first-order valence-electron chi connectivity index (χ1n) is 5.02. The predicted octanol–water partition coefficient (Wildman–Crippen LogP) is 1.30. The standard InChI is InChI=1S/C10H10F2N2O3/c11-8-1-7(14(16)17)2-9(12)10(8)13-3-6(4-13)5-15/h1-2,6,15H,3-5H2. The average Bonchev–Trinajstić information content (AvgIpc) is 2.19. The van der Waals surface area contributed by atoms with E-state index in [9.17, 15) is 18.9 Å². The van der Waals surface area contributed by atoms with Gasteiger partial charge in [0.25, 0.3) is 5.69 Å². The molecule has 7 heteroatoms. The lowest BCUT2D eigenvalue weighted by Crippen LogP contribution is -2.49. The number of aliphatic hydroxyl groups excluding tert-OH is 1. The van der Waals surface area contributed by atoms with Crippen LogP contribution < -0.4 is 4.90 Å². The van der Waals surface area contributed by atoms with Crippen molar-refractivity contribution in [1.29, 1.82) is 0 Å². The summed E-state index contributed by atoms with van der Waals surface area (Å²) in [5.74, 6) is -1.90. The smallest absolute Gasteiger partial charge is 0.275 e. The Morgan fingerprint density at radius 3 is 2.35 bits per heavy atom. The second kappa shape index (κ2) is 4.25. The van der Waals surface area contributed by atoms with Gasteiger partial charge in [0.05, 0.1) is 17.1 Å². The molecule has 1 saturated heterocycles. The van der Waals surface area contributed by atoms with Crippen LogP contribution >= 0.6 is 0 Å². The number of rotatable bonds is 3. The first-order valence-corrected chi connectivity index (χ1v) is 5.02. The molecule has 1 fully saturated rings. The molecule has 0 spiro atoms. The van der Waals surface area contributed by atoms with E-state index in [4.69, 9.17) is 5.11 Å². The molecule has 1 aromatic rings. The van der Waals surface area contributed by atoms with Crippen LogP contribution in [0, 0.1) is 27.7 Å². The van der Waals surface area contributed by atoms with E-state index in [0.29, 0.717) is 25.2 Å². The van der Waals surface area contributed by atoms with E-state index in [2.05, 4.69) is 0 Å². The molecule has 17 heavy (non-hydrogen) atoms. The lowest BCUT2D eigenvalue weighted by Gasteiger charge is -2.40. The first-order chi connectivity index (χ1) is 8.02. The number of aliphatic hydroxyl groups is 1. The van der Waals surface area contributed by atoms with Gasteiger partial charge in [-0.05, 0) is 0 Å². The molecule has 0 saturated carbocycles. The molecule has 1 aliphatic rings. The van der Waals surface area contributed by atoms with Crippen molar-refractivity contribution < 1.29 is 18.8 Å². The fourth-order valence-corrected chi connectivity index (χ4v) is 1.83. The van der Waals surface area contributed by atoms with Crippen molar-refractivity contribution in [3.8, 4) is 0 Å². The summed E-state index contributed by atoms with van der Waals surface area (Å²) in [7, 11) is 0. The van der Waals surface area contributed by atoms with Crippen LogP contribution in [0.1, 0.15) is 0 Å². The molecule has 1 heterocycles. The molecule has 0 unspecified atom stereocenters. The summed E-state index contributed by atoms with van der Waals surface area (Å²) in [6.07, 6.45) is 0. The summed E-state index contributed by atoms with van der Waals surface area (Å²) >= 11 is 0. The van der Waals surface area contributed by atoms with Crippen LogP contribution in [-0.4, -0.2) is 29.7 Å². The SMILES string of the molecule is O=[N+]([O-])c1cc(F)c(N2CC(CO)C2)c(F)c1. The number of hydrogen-bond acceptors (Lipinski definition) is 4. The van der Waals surface area contributed by atoms with E-state index in [1.165, 1.54) is 4.90 Å². The lowest BCUT2D eigenvalue weighted by molar-refractivity contribution is -0.385. The molecular formula is C10H10F2N2O3. The number of nitrogens with zero attached hydrogens (tertiary/aromatic N) is 2. The van der Waals surface area contributed by atoms with Gasteiger partial charge >= 0.3 is 0 Å². The number of nitro groups is 1. The molecule has 1 N–H and O–H groups in total. The van der Waals surface area contributed by atoms with Crippen LogP contribution in [0.3, 0.4) is 0 Å². The monoisotopic (exact) mass is 244 g/mol. The molecule has 1 aliphatic heterocycles. The van der Waals surface area contributed by atoms with Gasteiger partial charge in [-0.3, -0.25) is 10.1 Å². The van der Waals surface area contributed by atoms with Gasteiger partial charge in [0.1, 0.15) is 5.69 Å². The summed E-state index contributed by atoms with van der Waals surface area (Å²) in [5.41, 5.74) is -0.872. The Hall–Kier alpha value is -1.76. The number of non-ortho nitro benzene ring substituents is 1. The highest BCUT2D eigenvalue weighted by atomic mass is 19.1. The van der Waals surface area contributed by atoms with Gasteiger partial charge in [-0.2, -0.15) is 0 Å². The molecule has 0 atom stereocenters. The van der Waals surface area contributed by atoms with Gasteiger partial charge in [-0.1, -0.05) is 0 Å². The minimum Gasteiger partial charge on any atom is -0.396 e. The van der Waals surface area contributed by atoms with Crippen molar-refractivity contribution in [2.75, 3.05) is 24.6 Å². The highest BCUT2D eigenvalue weighted by Crippen LogP contribution is 2.32. The number of anilines is 1. The Labute approximate surface area is 95.4 Å². The summed E-state index contributed by atoms with van der Waals surface area (Å²) < 4.78 is 27.1. The van der Waals surface area contributed by atoms with Crippen molar-refractivity contribution in [1.82, 2.24) is 0 Å². The second-order valence-electron chi connectivity index (χ2n) is 3.97. The van der Waals surface area contributed by atoms with Crippen molar-refractivity contribution in [3.63, 3.8) is 0 Å². The molecule has 1 aromatic carbocycles.